The van der Waals surface area contributed by atoms with Crippen molar-refractivity contribution in [1.29, 1.82) is 0 Å². The average molecular weight is 419 g/mol. The van der Waals surface area contributed by atoms with E-state index >= 15 is 0 Å². The monoisotopic (exact) mass is 420 g/mol. The SMILES string of the molecule is Fc1ccc(C#Cc2ccc(C#Cc3ccc(F)cc3)c3n[se]nc23)cc1. The molecule has 0 unspecified atom stereocenters. The molecule has 2 nitrogen and oxygen atoms in total. The molecule has 0 atom stereocenters. The summed E-state index contributed by atoms with van der Waals surface area (Å²) in [5.74, 6) is 11.6. The van der Waals surface area contributed by atoms with E-state index in [4.69, 9.17) is 0 Å². The Morgan fingerprint density at radius 2 is 0.963 bits per heavy atom. The summed E-state index contributed by atoms with van der Waals surface area (Å²) in [7, 11) is 0. The molecule has 0 aliphatic heterocycles. The van der Waals surface area contributed by atoms with Crippen LogP contribution in [0.3, 0.4) is 0 Å². The van der Waals surface area contributed by atoms with Crippen LogP contribution in [-0.2, 0) is 0 Å². The van der Waals surface area contributed by atoms with Gasteiger partial charge >= 0.3 is 161 Å². The van der Waals surface area contributed by atoms with Gasteiger partial charge in [0, 0.05) is 0 Å². The molecule has 0 radical (unpaired) electrons. The molecule has 0 spiro atoms. The summed E-state index contributed by atoms with van der Waals surface area (Å²) in [6, 6.07) is 15.8. The van der Waals surface area contributed by atoms with Crippen molar-refractivity contribution in [2.75, 3.05) is 0 Å². The van der Waals surface area contributed by atoms with Gasteiger partial charge in [0.2, 0.25) is 0 Å². The molecule has 5 heteroatoms. The van der Waals surface area contributed by atoms with E-state index in [1.54, 1.807) is 24.3 Å². The molecule has 1 aromatic heterocycles. The van der Waals surface area contributed by atoms with E-state index in [2.05, 4.69) is 31.6 Å². The van der Waals surface area contributed by atoms with Gasteiger partial charge in [-0.2, -0.15) is 0 Å². The normalized spacial score (nSPS) is 10.0. The van der Waals surface area contributed by atoms with Crippen molar-refractivity contribution in [2.24, 2.45) is 0 Å². The van der Waals surface area contributed by atoms with Gasteiger partial charge in [-0.15, -0.1) is 0 Å². The van der Waals surface area contributed by atoms with Gasteiger partial charge < -0.3 is 0 Å². The zero-order chi connectivity index (χ0) is 18.6. The van der Waals surface area contributed by atoms with Gasteiger partial charge in [-0.3, -0.25) is 0 Å². The fraction of sp³-hybridized carbons (Fsp3) is 0. The Bertz CT molecular complexity index is 1140. The Balaban J connectivity index is 1.69. The fourth-order valence-corrected chi connectivity index (χ4v) is 3.62. The second-order valence-electron chi connectivity index (χ2n) is 5.64. The zero-order valence-electron chi connectivity index (χ0n) is 13.8. The van der Waals surface area contributed by atoms with Crippen LogP contribution in [0.5, 0.6) is 0 Å². The zero-order valence-corrected chi connectivity index (χ0v) is 15.5. The third-order valence-corrected chi connectivity index (χ3v) is 4.90. The van der Waals surface area contributed by atoms with Crippen molar-refractivity contribution < 1.29 is 8.78 Å². The Morgan fingerprint density at radius 3 is 1.37 bits per heavy atom. The van der Waals surface area contributed by atoms with Crippen LogP contribution in [0, 0.1) is 35.3 Å². The molecule has 3 aromatic carbocycles. The van der Waals surface area contributed by atoms with Crippen LogP contribution in [0.4, 0.5) is 8.78 Å². The molecule has 0 aliphatic rings. The van der Waals surface area contributed by atoms with Crippen LogP contribution in [0.25, 0.3) is 11.0 Å². The Hall–Kier alpha value is -3.24. The number of hydrogen-bond acceptors (Lipinski definition) is 2. The number of benzene rings is 3. The van der Waals surface area contributed by atoms with E-state index in [1.165, 1.54) is 24.3 Å². The van der Waals surface area contributed by atoms with Gasteiger partial charge in [-0.05, 0) is 0 Å². The van der Waals surface area contributed by atoms with E-state index in [9.17, 15) is 8.78 Å². The Kier molecular flexibility index (Phi) is 4.81. The van der Waals surface area contributed by atoms with Crippen LogP contribution in [0.2, 0.25) is 0 Å². The summed E-state index contributed by atoms with van der Waals surface area (Å²) in [5.41, 5.74) is 4.48. The second kappa shape index (κ2) is 7.56. The predicted octanol–water partition coefficient (Wildman–Crippen LogP) is 3.76. The third kappa shape index (κ3) is 3.96. The van der Waals surface area contributed by atoms with E-state index in [1.807, 2.05) is 12.1 Å². The molecule has 27 heavy (non-hydrogen) atoms. The number of halogens is 2. The van der Waals surface area contributed by atoms with Crippen molar-refractivity contribution in [2.45, 2.75) is 0 Å². The van der Waals surface area contributed by atoms with Gasteiger partial charge in [0.25, 0.3) is 0 Å². The molecule has 0 bridgehead atoms. The van der Waals surface area contributed by atoms with E-state index < -0.39 is 0 Å². The minimum atomic E-state index is -0.290. The maximum atomic E-state index is 13.0. The molecule has 0 aliphatic carbocycles. The first-order valence-corrected chi connectivity index (χ1v) is 9.53. The quantitative estimate of drug-likeness (QED) is 0.321. The van der Waals surface area contributed by atoms with Crippen molar-refractivity contribution in [3.8, 4) is 23.7 Å². The topological polar surface area (TPSA) is 25.8 Å². The number of aromatic nitrogens is 2. The average Bonchev–Trinajstić information content (AvgIpc) is 3.18. The maximum absolute atomic E-state index is 13.0. The van der Waals surface area contributed by atoms with Crippen LogP contribution < -0.4 is 0 Å². The molecule has 4 rings (SSSR count). The Labute approximate surface area is 161 Å². The molecule has 4 aromatic rings. The van der Waals surface area contributed by atoms with E-state index in [0.29, 0.717) is 0 Å². The summed E-state index contributed by atoms with van der Waals surface area (Å²) < 4.78 is 34.9. The standard InChI is InChI=1S/C22H10F2N2Se/c23-19-11-3-15(4-12-19)1-7-17-9-10-18(22-21(17)25-27-26-22)8-2-16-5-13-20(24)14-6-16/h3-6,9-14H. The molecule has 1 heterocycles. The first-order valence-electron chi connectivity index (χ1n) is 7.99. The number of hydrogen-bond donors (Lipinski definition) is 0. The molecule has 128 valence electrons. The number of fused-ring (bicyclic) bond motifs is 1. The van der Waals surface area contributed by atoms with Crippen LogP contribution >= 0.6 is 0 Å². The molecule has 0 amide bonds. The Morgan fingerprint density at radius 1 is 0.556 bits per heavy atom. The van der Waals surface area contributed by atoms with E-state index in [0.717, 1.165) is 33.3 Å². The summed E-state index contributed by atoms with van der Waals surface area (Å²) >= 11 is -0.220. The van der Waals surface area contributed by atoms with Crippen molar-refractivity contribution in [3.63, 3.8) is 0 Å². The number of rotatable bonds is 0. The van der Waals surface area contributed by atoms with Gasteiger partial charge in [-0.1, -0.05) is 0 Å². The van der Waals surface area contributed by atoms with Gasteiger partial charge in [0.1, 0.15) is 0 Å². The third-order valence-electron chi connectivity index (χ3n) is 3.79. The summed E-state index contributed by atoms with van der Waals surface area (Å²) in [4.78, 5) is 0. The van der Waals surface area contributed by atoms with Crippen molar-refractivity contribution >= 4 is 26.0 Å². The summed E-state index contributed by atoms with van der Waals surface area (Å²) in [5, 5.41) is 0. The summed E-state index contributed by atoms with van der Waals surface area (Å²) in [6.07, 6.45) is 0. The van der Waals surface area contributed by atoms with Crippen LogP contribution in [-0.4, -0.2) is 22.9 Å². The minimum absolute atomic E-state index is 0.220. The molecular weight excluding hydrogens is 409 g/mol. The molecular formula is C22H10F2N2Se. The fourth-order valence-electron chi connectivity index (χ4n) is 2.41. The molecule has 0 N–H and O–H groups in total. The number of nitrogens with zero attached hydrogens (tertiary/aromatic N) is 2. The van der Waals surface area contributed by atoms with E-state index in [-0.39, 0.29) is 26.6 Å². The predicted molar refractivity (Wildman–Crippen MR) is 101 cm³/mol. The van der Waals surface area contributed by atoms with Gasteiger partial charge in [0.05, 0.1) is 0 Å². The molecule has 0 saturated carbocycles. The first kappa shape index (κ1) is 17.2. The second-order valence-corrected chi connectivity index (χ2v) is 6.74. The van der Waals surface area contributed by atoms with Crippen molar-refractivity contribution in [3.05, 3.63) is 94.6 Å². The van der Waals surface area contributed by atoms with Crippen LogP contribution in [0.15, 0.2) is 60.7 Å². The van der Waals surface area contributed by atoms with Crippen LogP contribution in [0.1, 0.15) is 22.3 Å². The first-order chi connectivity index (χ1) is 13.2. The summed E-state index contributed by atoms with van der Waals surface area (Å²) in [6.45, 7) is 0. The van der Waals surface area contributed by atoms with Gasteiger partial charge in [-0.25, -0.2) is 0 Å². The molecule has 0 saturated heterocycles. The van der Waals surface area contributed by atoms with Gasteiger partial charge in [0.15, 0.2) is 0 Å². The van der Waals surface area contributed by atoms with Crippen molar-refractivity contribution in [1.82, 2.24) is 7.96 Å². The molecule has 0 fully saturated rings.